The van der Waals surface area contributed by atoms with Gasteiger partial charge in [-0.25, -0.2) is 0 Å². The van der Waals surface area contributed by atoms with Gasteiger partial charge in [0.2, 0.25) is 0 Å². The predicted molar refractivity (Wildman–Crippen MR) is 37.8 cm³/mol. The maximum atomic E-state index is 10.8. The normalized spacial score (nSPS) is 9.09. The van der Waals surface area contributed by atoms with Crippen LogP contribution in [-0.2, 0) is 0 Å². The largest absolute Gasteiger partial charge is 0.328 e. The third kappa shape index (κ3) is 1.24. The van der Waals surface area contributed by atoms with Crippen LogP contribution in [-0.4, -0.2) is 17.6 Å². The van der Waals surface area contributed by atoms with E-state index >= 15 is 0 Å². The molecule has 11 heavy (non-hydrogen) atoms. The van der Waals surface area contributed by atoms with Crippen molar-refractivity contribution in [3.05, 3.63) is 33.7 Å². The number of hydrogen-bond acceptors (Lipinski definition) is 3. The van der Waals surface area contributed by atoms with Gasteiger partial charge in [-0.1, -0.05) is 0 Å². The highest BCUT2D eigenvalue weighted by molar-refractivity contribution is 5.89. The molecule has 0 spiro atoms. The quantitative estimate of drug-likeness (QED) is 0.605. The fraction of sp³-hybridized carbons (Fsp3) is 0. The smallest absolute Gasteiger partial charge is 0.259 e. The van der Waals surface area contributed by atoms with Gasteiger partial charge in [0.1, 0.15) is 0 Å². The molecule has 0 fully saturated rings. The second kappa shape index (κ2) is 2.92. The zero-order valence-electron chi connectivity index (χ0n) is 5.53. The molecule has 56 valence electrons. The molecule has 0 aromatic carbocycles. The van der Waals surface area contributed by atoms with Crippen LogP contribution in [0.1, 0.15) is 20.7 Å². The summed E-state index contributed by atoms with van der Waals surface area (Å²) in [6.45, 7) is 0. The van der Waals surface area contributed by atoms with Gasteiger partial charge in [-0.3, -0.25) is 14.4 Å². The molecule has 1 N–H and O–H groups in total. The highest BCUT2D eigenvalue weighted by Crippen LogP contribution is 1.93. The summed E-state index contributed by atoms with van der Waals surface area (Å²) in [7, 11) is 0. The van der Waals surface area contributed by atoms with Crippen LogP contribution in [0.25, 0.3) is 0 Å². The van der Waals surface area contributed by atoms with E-state index in [0.717, 1.165) is 0 Å². The van der Waals surface area contributed by atoms with Crippen LogP contribution in [0.2, 0.25) is 0 Å². The van der Waals surface area contributed by atoms with Crippen molar-refractivity contribution in [1.82, 2.24) is 4.98 Å². The van der Waals surface area contributed by atoms with E-state index in [1.165, 1.54) is 12.3 Å². The first-order valence-electron chi connectivity index (χ1n) is 2.91. The van der Waals surface area contributed by atoms with Crippen molar-refractivity contribution in [2.75, 3.05) is 0 Å². The first-order valence-corrected chi connectivity index (χ1v) is 2.91. The molecule has 1 heterocycles. The molecule has 0 atom stereocenters. The van der Waals surface area contributed by atoms with Gasteiger partial charge in [-0.05, 0) is 6.07 Å². The molecule has 0 unspecified atom stereocenters. The van der Waals surface area contributed by atoms with E-state index < -0.39 is 5.56 Å². The van der Waals surface area contributed by atoms with Gasteiger partial charge in [0, 0.05) is 11.8 Å². The minimum atomic E-state index is -0.537. The van der Waals surface area contributed by atoms with Crippen molar-refractivity contribution in [2.45, 2.75) is 0 Å². The number of aromatic amines is 1. The molecule has 1 rings (SSSR count). The average Bonchev–Trinajstić information content (AvgIpc) is 2.04. The Morgan fingerprint density at radius 3 is 2.45 bits per heavy atom. The minimum absolute atomic E-state index is 0.115. The first-order chi connectivity index (χ1) is 5.29. The number of carbonyl (C=O) groups is 2. The zero-order valence-corrected chi connectivity index (χ0v) is 5.53. The van der Waals surface area contributed by atoms with Crippen LogP contribution in [0, 0.1) is 0 Å². The molecule has 0 amide bonds. The Kier molecular flexibility index (Phi) is 1.96. The Morgan fingerprint density at radius 1 is 1.27 bits per heavy atom. The lowest BCUT2D eigenvalue weighted by Crippen LogP contribution is -2.13. The summed E-state index contributed by atoms with van der Waals surface area (Å²) in [5, 5.41) is 0. The third-order valence-electron chi connectivity index (χ3n) is 1.28. The molecule has 4 heteroatoms. The van der Waals surface area contributed by atoms with Crippen molar-refractivity contribution in [3.63, 3.8) is 0 Å². The van der Waals surface area contributed by atoms with Crippen molar-refractivity contribution in [3.8, 4) is 0 Å². The Balaban J connectivity index is 3.47. The molecule has 0 aliphatic heterocycles. The molecule has 0 aliphatic rings. The van der Waals surface area contributed by atoms with Gasteiger partial charge in [0.25, 0.3) is 5.56 Å². The molecule has 0 bridgehead atoms. The van der Waals surface area contributed by atoms with Crippen LogP contribution in [0.15, 0.2) is 17.1 Å². The predicted octanol–water partition coefficient (Wildman–Crippen LogP) is -0.000100. The minimum Gasteiger partial charge on any atom is -0.328 e. The van der Waals surface area contributed by atoms with Crippen LogP contribution < -0.4 is 5.56 Å². The number of carbonyl (C=O) groups excluding carboxylic acids is 2. The van der Waals surface area contributed by atoms with Crippen molar-refractivity contribution < 1.29 is 9.59 Å². The number of nitrogens with one attached hydrogen (secondary N) is 1. The fourth-order valence-electron chi connectivity index (χ4n) is 0.730. The summed E-state index contributed by atoms with van der Waals surface area (Å²) in [6.07, 6.45) is 2.15. The van der Waals surface area contributed by atoms with E-state index in [1.54, 1.807) is 0 Å². The van der Waals surface area contributed by atoms with E-state index in [0.29, 0.717) is 12.6 Å². The Hall–Kier alpha value is -1.71. The monoisotopic (exact) mass is 151 g/mol. The highest BCUT2D eigenvalue weighted by Gasteiger charge is 2.02. The lowest BCUT2D eigenvalue weighted by atomic mass is 10.2. The maximum absolute atomic E-state index is 10.8. The van der Waals surface area contributed by atoms with Gasteiger partial charge in [-0.15, -0.1) is 0 Å². The topological polar surface area (TPSA) is 67.0 Å². The number of pyridine rings is 1. The molecular weight excluding hydrogens is 146 g/mol. The molecular formula is C7H5NO3. The standard InChI is InChI=1S/C7H5NO3/c9-3-5-1-2-8-7(11)6(5)4-10/h1-4H,(H,8,11). The molecule has 0 aliphatic carbocycles. The number of aldehydes is 2. The summed E-state index contributed by atoms with van der Waals surface area (Å²) in [5.41, 5.74) is -0.546. The zero-order chi connectivity index (χ0) is 8.27. The molecule has 0 radical (unpaired) electrons. The van der Waals surface area contributed by atoms with Crippen LogP contribution in [0.4, 0.5) is 0 Å². The highest BCUT2D eigenvalue weighted by atomic mass is 16.1. The number of H-pyrrole nitrogens is 1. The van der Waals surface area contributed by atoms with E-state index in [4.69, 9.17) is 0 Å². The Bertz CT molecular complexity index is 340. The van der Waals surface area contributed by atoms with Crippen molar-refractivity contribution in [2.24, 2.45) is 0 Å². The molecule has 0 saturated heterocycles. The first kappa shape index (κ1) is 7.40. The number of rotatable bonds is 2. The summed E-state index contributed by atoms with van der Waals surface area (Å²) in [6, 6.07) is 1.37. The van der Waals surface area contributed by atoms with Crippen LogP contribution in [0.5, 0.6) is 0 Å². The molecule has 1 aromatic heterocycles. The summed E-state index contributed by atoms with van der Waals surface area (Å²) >= 11 is 0. The molecule has 1 aromatic rings. The van der Waals surface area contributed by atoms with Crippen LogP contribution >= 0.6 is 0 Å². The fourth-order valence-corrected chi connectivity index (χ4v) is 0.730. The van der Waals surface area contributed by atoms with Gasteiger partial charge < -0.3 is 4.98 Å². The van der Waals surface area contributed by atoms with E-state index in [2.05, 4.69) is 4.98 Å². The van der Waals surface area contributed by atoms with Gasteiger partial charge in [0.05, 0.1) is 5.56 Å². The number of aromatic nitrogens is 1. The number of hydrogen-bond donors (Lipinski definition) is 1. The Morgan fingerprint density at radius 2 is 2.00 bits per heavy atom. The van der Waals surface area contributed by atoms with Crippen LogP contribution in [0.3, 0.4) is 0 Å². The average molecular weight is 151 g/mol. The SMILES string of the molecule is O=Cc1cc[nH]c(=O)c1C=O. The summed E-state index contributed by atoms with van der Waals surface area (Å²) in [5.74, 6) is 0. The summed E-state index contributed by atoms with van der Waals surface area (Å²) < 4.78 is 0. The molecule has 0 saturated carbocycles. The van der Waals surface area contributed by atoms with Crippen molar-refractivity contribution in [1.29, 1.82) is 0 Å². The molecule has 4 nitrogen and oxygen atoms in total. The van der Waals surface area contributed by atoms with E-state index in [1.807, 2.05) is 0 Å². The van der Waals surface area contributed by atoms with E-state index in [9.17, 15) is 14.4 Å². The van der Waals surface area contributed by atoms with Gasteiger partial charge in [0.15, 0.2) is 12.6 Å². The maximum Gasteiger partial charge on any atom is 0.259 e. The second-order valence-corrected chi connectivity index (χ2v) is 1.91. The summed E-state index contributed by atoms with van der Waals surface area (Å²) in [4.78, 5) is 33.5. The van der Waals surface area contributed by atoms with Crippen molar-refractivity contribution >= 4 is 12.6 Å². The third-order valence-corrected chi connectivity index (χ3v) is 1.28. The Labute approximate surface area is 61.9 Å². The van der Waals surface area contributed by atoms with Gasteiger partial charge >= 0.3 is 0 Å². The van der Waals surface area contributed by atoms with Gasteiger partial charge in [-0.2, -0.15) is 0 Å². The second-order valence-electron chi connectivity index (χ2n) is 1.91. The van der Waals surface area contributed by atoms with E-state index in [-0.39, 0.29) is 11.1 Å². The lowest BCUT2D eigenvalue weighted by Gasteiger charge is -1.91. The lowest BCUT2D eigenvalue weighted by molar-refractivity contribution is 0.109.